The standard InChI is InChI=1S/C21H14ClF3N2O3/c22-16(28)6-3-11-27-20(29)17-18(26-27)14-4-1-2-5-15(14)30-19(17)12-7-9-13(10-8-12)21(23,24)25/h1-2,4-5,7-10H,3,6,11H2. The van der Waals surface area contributed by atoms with Crippen molar-refractivity contribution < 1.29 is 22.4 Å². The highest BCUT2D eigenvalue weighted by atomic mass is 35.5. The molecule has 5 nitrogen and oxygen atoms in total. The molecule has 0 fully saturated rings. The summed E-state index contributed by atoms with van der Waals surface area (Å²) in [5.74, 6) is 0.141. The molecular weight excluding hydrogens is 421 g/mol. The number of aromatic nitrogens is 2. The number of para-hydroxylation sites is 1. The summed E-state index contributed by atoms with van der Waals surface area (Å²) in [6.45, 7) is 0.173. The maximum absolute atomic E-state index is 13.0. The fourth-order valence-electron chi connectivity index (χ4n) is 3.29. The van der Waals surface area contributed by atoms with Crippen molar-refractivity contribution in [1.82, 2.24) is 9.78 Å². The van der Waals surface area contributed by atoms with Crippen molar-refractivity contribution in [2.45, 2.75) is 25.6 Å². The van der Waals surface area contributed by atoms with Crippen molar-refractivity contribution in [3.05, 3.63) is 64.4 Å². The van der Waals surface area contributed by atoms with E-state index in [9.17, 15) is 22.8 Å². The van der Waals surface area contributed by atoms with Gasteiger partial charge in [-0.25, -0.2) is 4.68 Å². The van der Waals surface area contributed by atoms with Gasteiger partial charge in [0.1, 0.15) is 22.6 Å². The van der Waals surface area contributed by atoms with Crippen LogP contribution in [-0.4, -0.2) is 15.0 Å². The van der Waals surface area contributed by atoms with Crippen molar-refractivity contribution in [2.24, 2.45) is 0 Å². The molecule has 0 bridgehead atoms. The first kappa shape index (κ1) is 20.2. The van der Waals surface area contributed by atoms with Gasteiger partial charge in [0.2, 0.25) is 5.24 Å². The molecule has 154 valence electrons. The SMILES string of the molecule is O=C(Cl)CCCn1nc2c3ccccc3oc(-c3ccc(C(F)(F)F)cc3)c-2c1=O. The molecule has 0 amide bonds. The molecule has 2 heterocycles. The topological polar surface area (TPSA) is 65.1 Å². The molecule has 0 saturated heterocycles. The number of halogens is 4. The van der Waals surface area contributed by atoms with Gasteiger partial charge in [0, 0.05) is 23.9 Å². The van der Waals surface area contributed by atoms with Gasteiger partial charge in [0.25, 0.3) is 5.56 Å². The van der Waals surface area contributed by atoms with Gasteiger partial charge in [-0.05, 0) is 42.3 Å². The summed E-state index contributed by atoms with van der Waals surface area (Å²) in [6, 6.07) is 11.4. The number of nitrogens with zero attached hydrogens (tertiary/aromatic N) is 2. The van der Waals surface area contributed by atoms with Crippen LogP contribution >= 0.6 is 11.6 Å². The van der Waals surface area contributed by atoms with Gasteiger partial charge in [-0.2, -0.15) is 18.3 Å². The first-order valence-electron chi connectivity index (χ1n) is 9.04. The molecule has 4 rings (SSSR count). The fraction of sp³-hybridized carbons (Fsp3) is 0.190. The van der Waals surface area contributed by atoms with E-state index >= 15 is 0 Å². The molecule has 9 heteroatoms. The number of rotatable bonds is 5. The lowest BCUT2D eigenvalue weighted by atomic mass is 10.0. The van der Waals surface area contributed by atoms with E-state index in [1.807, 2.05) is 0 Å². The minimum atomic E-state index is -4.47. The number of aryl methyl sites for hydroxylation is 1. The summed E-state index contributed by atoms with van der Waals surface area (Å²) in [6.07, 6.45) is -4.05. The average Bonchev–Trinajstić information content (AvgIpc) is 3.03. The summed E-state index contributed by atoms with van der Waals surface area (Å²) >= 11 is 5.35. The fourth-order valence-corrected chi connectivity index (χ4v) is 3.42. The van der Waals surface area contributed by atoms with Crippen LogP contribution in [0.1, 0.15) is 18.4 Å². The first-order valence-corrected chi connectivity index (χ1v) is 9.42. The summed E-state index contributed by atoms with van der Waals surface area (Å²) in [5, 5.41) is 4.48. The third-order valence-electron chi connectivity index (χ3n) is 4.70. The molecule has 2 aliphatic heterocycles. The van der Waals surface area contributed by atoms with E-state index in [2.05, 4.69) is 5.10 Å². The lowest BCUT2D eigenvalue weighted by molar-refractivity contribution is -0.137. The molecule has 0 unspecified atom stereocenters. The van der Waals surface area contributed by atoms with Gasteiger partial charge in [0.05, 0.1) is 5.56 Å². The van der Waals surface area contributed by atoms with Crippen molar-refractivity contribution >= 4 is 27.8 Å². The predicted molar refractivity (Wildman–Crippen MR) is 105 cm³/mol. The van der Waals surface area contributed by atoms with E-state index < -0.39 is 22.5 Å². The van der Waals surface area contributed by atoms with Crippen molar-refractivity contribution in [3.8, 4) is 22.6 Å². The quantitative estimate of drug-likeness (QED) is 0.398. The van der Waals surface area contributed by atoms with Crippen molar-refractivity contribution in [3.63, 3.8) is 0 Å². The average molecular weight is 435 g/mol. The molecule has 0 atom stereocenters. The minimum Gasteiger partial charge on any atom is -0.455 e. The molecular formula is C21H14ClF3N2O3. The van der Waals surface area contributed by atoms with E-state index in [0.29, 0.717) is 28.6 Å². The summed E-state index contributed by atoms with van der Waals surface area (Å²) in [4.78, 5) is 24.0. The molecule has 0 radical (unpaired) electrons. The molecule has 2 aliphatic rings. The van der Waals surface area contributed by atoms with Crippen LogP contribution in [0, 0.1) is 0 Å². The second kappa shape index (κ2) is 7.60. The number of alkyl halides is 3. The highest BCUT2D eigenvalue weighted by Crippen LogP contribution is 2.38. The van der Waals surface area contributed by atoms with E-state index in [-0.39, 0.29) is 24.3 Å². The Morgan fingerprint density at radius 2 is 1.80 bits per heavy atom. The largest absolute Gasteiger partial charge is 0.455 e. The van der Waals surface area contributed by atoms with Crippen LogP contribution < -0.4 is 5.56 Å². The molecule has 0 N–H and O–H groups in total. The minimum absolute atomic E-state index is 0.0914. The lowest BCUT2D eigenvalue weighted by Gasteiger charge is -2.10. The van der Waals surface area contributed by atoms with Crippen molar-refractivity contribution in [2.75, 3.05) is 0 Å². The van der Waals surface area contributed by atoms with Crippen LogP contribution in [-0.2, 0) is 17.5 Å². The lowest BCUT2D eigenvalue weighted by Crippen LogP contribution is -2.17. The number of carbonyl (C=O) groups excluding carboxylic acids is 1. The van der Waals surface area contributed by atoms with Crippen LogP contribution in [0.15, 0.2) is 57.7 Å². The summed E-state index contributed by atoms with van der Waals surface area (Å²) in [5.41, 5.74) is 0.0786. The zero-order chi connectivity index (χ0) is 21.5. The number of hydrogen-bond acceptors (Lipinski definition) is 4. The zero-order valence-corrected chi connectivity index (χ0v) is 16.1. The number of hydrogen-bond donors (Lipinski definition) is 0. The summed E-state index contributed by atoms with van der Waals surface area (Å²) < 4.78 is 45.9. The Hall–Kier alpha value is -3.13. The first-order chi connectivity index (χ1) is 14.3. The molecule has 0 aliphatic carbocycles. The molecule has 2 aromatic carbocycles. The van der Waals surface area contributed by atoms with Crippen molar-refractivity contribution in [1.29, 1.82) is 0 Å². The molecule has 30 heavy (non-hydrogen) atoms. The highest BCUT2D eigenvalue weighted by Gasteiger charge is 2.31. The van der Waals surface area contributed by atoms with E-state index in [1.54, 1.807) is 24.3 Å². The van der Waals surface area contributed by atoms with Gasteiger partial charge >= 0.3 is 6.18 Å². The normalized spacial score (nSPS) is 12.0. The van der Waals surface area contributed by atoms with Gasteiger partial charge in [0.15, 0.2) is 0 Å². The number of fused-ring (bicyclic) bond motifs is 3. The summed E-state index contributed by atoms with van der Waals surface area (Å²) in [7, 11) is 0. The Bertz CT molecular complexity index is 1260. The maximum atomic E-state index is 13.0. The van der Waals surface area contributed by atoms with E-state index in [0.717, 1.165) is 12.1 Å². The van der Waals surface area contributed by atoms with Gasteiger partial charge < -0.3 is 4.42 Å². The van der Waals surface area contributed by atoms with Gasteiger partial charge in [-0.3, -0.25) is 9.59 Å². The monoisotopic (exact) mass is 434 g/mol. The van der Waals surface area contributed by atoms with Gasteiger partial charge in [-0.15, -0.1) is 0 Å². The van der Waals surface area contributed by atoms with Gasteiger partial charge in [-0.1, -0.05) is 24.3 Å². The molecule has 0 aromatic heterocycles. The third-order valence-corrected chi connectivity index (χ3v) is 4.89. The second-order valence-corrected chi connectivity index (χ2v) is 7.13. The molecule has 2 aromatic rings. The highest BCUT2D eigenvalue weighted by molar-refractivity contribution is 6.63. The smallest absolute Gasteiger partial charge is 0.416 e. The Labute approximate surface area is 173 Å². The van der Waals surface area contributed by atoms with E-state index in [1.165, 1.54) is 16.8 Å². The van der Waals surface area contributed by atoms with E-state index in [4.69, 9.17) is 16.0 Å². The number of benzene rings is 2. The predicted octanol–water partition coefficient (Wildman–Crippen LogP) is 5.33. The zero-order valence-electron chi connectivity index (χ0n) is 15.4. The Kier molecular flexibility index (Phi) is 5.11. The molecule has 0 saturated carbocycles. The van der Waals surface area contributed by atoms with Crippen LogP contribution in [0.4, 0.5) is 13.2 Å². The Balaban J connectivity index is 1.89. The van der Waals surface area contributed by atoms with Crippen LogP contribution in [0.3, 0.4) is 0 Å². The molecule has 0 spiro atoms. The number of carbonyl (C=O) groups is 1. The van der Waals surface area contributed by atoms with Crippen LogP contribution in [0.25, 0.3) is 33.6 Å². The second-order valence-electron chi connectivity index (χ2n) is 6.71. The third kappa shape index (κ3) is 3.70. The maximum Gasteiger partial charge on any atom is 0.416 e. The van der Waals surface area contributed by atoms with Crippen LogP contribution in [0.5, 0.6) is 0 Å². The Morgan fingerprint density at radius 3 is 2.47 bits per heavy atom. The van der Waals surface area contributed by atoms with Crippen LogP contribution in [0.2, 0.25) is 0 Å². The Morgan fingerprint density at radius 1 is 1.10 bits per heavy atom.